The Bertz CT molecular complexity index is 1310. The van der Waals surface area contributed by atoms with E-state index in [9.17, 15) is 14.7 Å². The van der Waals surface area contributed by atoms with Crippen molar-refractivity contribution < 1.29 is 28.9 Å². The third-order valence-electron chi connectivity index (χ3n) is 6.74. The number of hydrogen-bond donors (Lipinski definition) is 1. The minimum atomic E-state index is -0.401. The number of benzene rings is 3. The monoisotopic (exact) mass is 570 g/mol. The van der Waals surface area contributed by atoms with E-state index in [-0.39, 0.29) is 19.8 Å². The summed E-state index contributed by atoms with van der Waals surface area (Å²) in [6, 6.07) is 21.2. The molecule has 0 unspecified atom stereocenters. The first-order valence-electron chi connectivity index (χ1n) is 14.4. The zero-order chi connectivity index (χ0) is 30.5. The maximum atomic E-state index is 11.9. The van der Waals surface area contributed by atoms with E-state index >= 15 is 0 Å². The highest BCUT2D eigenvalue weighted by Gasteiger charge is 2.15. The second-order valence-electron chi connectivity index (χ2n) is 10.5. The molecule has 0 aliphatic heterocycles. The molecule has 0 saturated heterocycles. The molecule has 0 spiro atoms. The number of carbonyl (C=O) groups excluding carboxylic acids is 2. The second kappa shape index (κ2) is 16.3. The van der Waals surface area contributed by atoms with Gasteiger partial charge in [0.25, 0.3) is 0 Å². The summed E-state index contributed by atoms with van der Waals surface area (Å²) in [6.07, 6.45) is 2.99. The van der Waals surface area contributed by atoms with Crippen LogP contribution in [0.4, 0.5) is 0 Å². The first kappa shape index (κ1) is 32.4. The van der Waals surface area contributed by atoms with Gasteiger partial charge >= 0.3 is 11.9 Å². The fraction of sp³-hybridized carbons (Fsp3) is 0.333. The summed E-state index contributed by atoms with van der Waals surface area (Å²) < 4.78 is 16.9. The Balaban J connectivity index is 1.91. The zero-order valence-corrected chi connectivity index (χ0v) is 25.0. The van der Waals surface area contributed by atoms with Gasteiger partial charge in [0, 0.05) is 24.2 Å². The minimum absolute atomic E-state index is 0.0315. The Labute approximate surface area is 249 Å². The van der Waals surface area contributed by atoms with Gasteiger partial charge in [-0.25, -0.2) is 9.59 Å². The van der Waals surface area contributed by atoms with Crippen LogP contribution in [-0.4, -0.2) is 43.5 Å². The van der Waals surface area contributed by atoms with E-state index in [1.807, 2.05) is 0 Å². The first-order chi connectivity index (χ1) is 20.2. The topological polar surface area (TPSA) is 82.1 Å². The lowest BCUT2D eigenvalue weighted by molar-refractivity contribution is -0.139. The van der Waals surface area contributed by atoms with Gasteiger partial charge in [-0.05, 0) is 92.0 Å². The molecule has 0 saturated carbocycles. The summed E-state index contributed by atoms with van der Waals surface area (Å²) in [5, 5.41) is 9.34. The van der Waals surface area contributed by atoms with Gasteiger partial charge in [-0.2, -0.15) is 0 Å². The SMILES string of the molecule is C=C(C)C(=O)OCCCc1cc(-c2ccc(-c3ccc(C)cc3)cc2)cc(CCCOC(=O)C(=C)C)c1OCCCO. The standard InChI is InChI=1S/C36H42O6/c1-25(2)35(38)41-20-6-9-31-23-33(30-17-15-29(16-18-30)28-13-11-27(5)12-14-28)24-32(34(31)40-22-8-19-37)10-7-21-42-36(39)26(3)4/h11-18,23-24,37H,1,3,6-10,19-22H2,2,4-5H3. The highest BCUT2D eigenvalue weighted by atomic mass is 16.5. The van der Waals surface area contributed by atoms with E-state index in [1.165, 1.54) is 5.56 Å². The van der Waals surface area contributed by atoms with Gasteiger partial charge in [0.15, 0.2) is 0 Å². The van der Waals surface area contributed by atoms with Crippen LogP contribution in [0.2, 0.25) is 0 Å². The van der Waals surface area contributed by atoms with Gasteiger partial charge in [-0.1, -0.05) is 67.3 Å². The lowest BCUT2D eigenvalue weighted by Crippen LogP contribution is -2.10. The molecule has 0 bridgehead atoms. The minimum Gasteiger partial charge on any atom is -0.493 e. The number of rotatable bonds is 16. The van der Waals surface area contributed by atoms with E-state index in [0.717, 1.165) is 39.1 Å². The summed E-state index contributed by atoms with van der Waals surface area (Å²) in [4.78, 5) is 23.7. The summed E-state index contributed by atoms with van der Waals surface area (Å²) in [7, 11) is 0. The molecule has 0 amide bonds. The lowest BCUT2D eigenvalue weighted by Gasteiger charge is -2.19. The number of carbonyl (C=O) groups is 2. The third-order valence-corrected chi connectivity index (χ3v) is 6.74. The van der Waals surface area contributed by atoms with Crippen LogP contribution < -0.4 is 4.74 Å². The number of aliphatic hydroxyl groups excluding tert-OH is 1. The molecular weight excluding hydrogens is 528 g/mol. The molecule has 1 N–H and O–H groups in total. The molecule has 222 valence electrons. The van der Waals surface area contributed by atoms with E-state index < -0.39 is 11.9 Å². The van der Waals surface area contributed by atoms with Crippen molar-refractivity contribution >= 4 is 11.9 Å². The molecule has 3 rings (SSSR count). The average molecular weight is 571 g/mol. The summed E-state index contributed by atoms with van der Waals surface area (Å²) >= 11 is 0. The van der Waals surface area contributed by atoms with Crippen LogP contribution in [0.3, 0.4) is 0 Å². The van der Waals surface area contributed by atoms with E-state index in [4.69, 9.17) is 14.2 Å². The Morgan fingerprint density at radius 2 is 1.10 bits per heavy atom. The van der Waals surface area contributed by atoms with Crippen molar-refractivity contribution in [2.24, 2.45) is 0 Å². The van der Waals surface area contributed by atoms with Crippen LogP contribution in [-0.2, 0) is 31.9 Å². The van der Waals surface area contributed by atoms with Crippen molar-refractivity contribution in [2.75, 3.05) is 26.4 Å². The molecule has 3 aromatic carbocycles. The maximum absolute atomic E-state index is 11.9. The summed E-state index contributed by atoms with van der Waals surface area (Å²) in [5.41, 5.74) is 8.36. The average Bonchev–Trinajstić information content (AvgIpc) is 2.98. The van der Waals surface area contributed by atoms with E-state index in [2.05, 4.69) is 80.7 Å². The van der Waals surface area contributed by atoms with Gasteiger partial charge < -0.3 is 19.3 Å². The molecular formula is C36H42O6. The predicted molar refractivity (Wildman–Crippen MR) is 167 cm³/mol. The Morgan fingerprint density at radius 3 is 1.52 bits per heavy atom. The first-order valence-corrected chi connectivity index (χ1v) is 14.4. The molecule has 0 fully saturated rings. The fourth-order valence-electron chi connectivity index (χ4n) is 4.42. The number of ether oxygens (including phenoxy) is 3. The van der Waals surface area contributed by atoms with E-state index in [1.54, 1.807) is 13.8 Å². The predicted octanol–water partition coefficient (Wildman–Crippen LogP) is 7.19. The van der Waals surface area contributed by atoms with Crippen molar-refractivity contribution in [2.45, 2.75) is 52.9 Å². The van der Waals surface area contributed by atoms with Crippen molar-refractivity contribution in [1.29, 1.82) is 0 Å². The van der Waals surface area contributed by atoms with Crippen LogP contribution in [0.25, 0.3) is 22.3 Å². The molecule has 6 nitrogen and oxygen atoms in total. The molecule has 0 aliphatic carbocycles. The van der Waals surface area contributed by atoms with Gasteiger partial charge in [-0.15, -0.1) is 0 Å². The Morgan fingerprint density at radius 1 is 0.667 bits per heavy atom. The van der Waals surface area contributed by atoms with Crippen LogP contribution in [0.15, 0.2) is 85.0 Å². The van der Waals surface area contributed by atoms with Crippen molar-refractivity contribution in [1.82, 2.24) is 0 Å². The summed E-state index contributed by atoms with van der Waals surface area (Å²) in [5.74, 6) is -0.0374. The summed E-state index contributed by atoms with van der Waals surface area (Å²) in [6.45, 7) is 13.5. The van der Waals surface area contributed by atoms with Crippen LogP contribution in [0.5, 0.6) is 5.75 Å². The highest BCUT2D eigenvalue weighted by molar-refractivity contribution is 5.87. The maximum Gasteiger partial charge on any atom is 0.333 e. The molecule has 42 heavy (non-hydrogen) atoms. The molecule has 0 radical (unpaired) electrons. The Kier molecular flexibility index (Phi) is 12.6. The number of aryl methyl sites for hydroxylation is 3. The lowest BCUT2D eigenvalue weighted by atomic mass is 9.93. The molecule has 0 atom stereocenters. The number of esters is 2. The molecule has 0 heterocycles. The van der Waals surface area contributed by atoms with Gasteiger partial charge in [0.2, 0.25) is 0 Å². The van der Waals surface area contributed by atoms with Crippen molar-refractivity contribution in [3.8, 4) is 28.0 Å². The molecule has 0 aromatic heterocycles. The third kappa shape index (κ3) is 9.74. The second-order valence-corrected chi connectivity index (χ2v) is 10.5. The normalized spacial score (nSPS) is 10.7. The highest BCUT2D eigenvalue weighted by Crippen LogP contribution is 2.34. The number of hydrogen-bond acceptors (Lipinski definition) is 6. The Hall–Kier alpha value is -4.16. The van der Waals surface area contributed by atoms with Crippen LogP contribution >= 0.6 is 0 Å². The number of aliphatic hydroxyl groups is 1. The van der Waals surface area contributed by atoms with Gasteiger partial charge in [0.05, 0.1) is 19.8 Å². The largest absolute Gasteiger partial charge is 0.493 e. The quantitative estimate of drug-likeness (QED) is 0.111. The molecule has 0 aliphatic rings. The fourth-order valence-corrected chi connectivity index (χ4v) is 4.42. The van der Waals surface area contributed by atoms with Crippen molar-refractivity contribution in [3.05, 3.63) is 102 Å². The smallest absolute Gasteiger partial charge is 0.333 e. The molecule has 6 heteroatoms. The van der Waals surface area contributed by atoms with Gasteiger partial charge in [0.1, 0.15) is 5.75 Å². The molecule has 3 aromatic rings. The van der Waals surface area contributed by atoms with Crippen molar-refractivity contribution in [3.63, 3.8) is 0 Å². The van der Waals surface area contributed by atoms with Crippen LogP contribution in [0.1, 0.15) is 49.8 Å². The van der Waals surface area contributed by atoms with Crippen LogP contribution in [0, 0.1) is 6.92 Å². The van der Waals surface area contributed by atoms with E-state index in [0.29, 0.717) is 49.9 Å². The van der Waals surface area contributed by atoms with Gasteiger partial charge in [-0.3, -0.25) is 0 Å². The zero-order valence-electron chi connectivity index (χ0n) is 25.0.